The fourth-order valence-corrected chi connectivity index (χ4v) is 3.53. The Hall–Kier alpha value is -4.49. The predicted molar refractivity (Wildman–Crippen MR) is 121 cm³/mol. The zero-order valence-electron chi connectivity index (χ0n) is 18.4. The molecule has 0 saturated heterocycles. The largest absolute Gasteiger partial charge is 0.374 e. The van der Waals surface area contributed by atoms with Crippen LogP contribution in [0.3, 0.4) is 0 Å². The van der Waals surface area contributed by atoms with E-state index in [1.54, 1.807) is 24.3 Å². The Balaban J connectivity index is 1.70. The quantitative estimate of drug-likeness (QED) is 0.236. The summed E-state index contributed by atoms with van der Waals surface area (Å²) in [5, 5.41) is 14.1. The third-order valence-corrected chi connectivity index (χ3v) is 5.39. The lowest BCUT2D eigenvalue weighted by molar-refractivity contribution is -0.175. The molecular formula is C26H16F4N4O2. The van der Waals surface area contributed by atoms with Gasteiger partial charge in [0.2, 0.25) is 0 Å². The van der Waals surface area contributed by atoms with Crippen molar-refractivity contribution in [2.75, 3.05) is 0 Å². The van der Waals surface area contributed by atoms with Crippen LogP contribution in [0, 0.1) is 28.4 Å². The van der Waals surface area contributed by atoms with Gasteiger partial charge in [-0.25, -0.2) is 18.7 Å². The first kappa shape index (κ1) is 24.6. The summed E-state index contributed by atoms with van der Waals surface area (Å²) in [5.41, 5.74) is -3.93. The molecule has 0 aliphatic carbocycles. The zero-order valence-corrected chi connectivity index (χ0v) is 18.4. The number of benzene rings is 2. The Morgan fingerprint density at radius 2 is 1.56 bits per heavy atom. The third-order valence-electron chi connectivity index (χ3n) is 5.39. The van der Waals surface area contributed by atoms with Gasteiger partial charge in [0.1, 0.15) is 30.2 Å². The molecule has 0 saturated carbocycles. The number of rotatable bonds is 6. The van der Waals surface area contributed by atoms with Gasteiger partial charge in [0, 0.05) is 46.9 Å². The Labute approximate surface area is 202 Å². The van der Waals surface area contributed by atoms with Crippen LogP contribution in [0.2, 0.25) is 0 Å². The second kappa shape index (κ2) is 10.0. The first-order valence-electron chi connectivity index (χ1n) is 10.4. The number of aromatic nitrogens is 3. The molecule has 0 fully saturated rings. The van der Waals surface area contributed by atoms with Crippen molar-refractivity contribution in [1.82, 2.24) is 15.0 Å². The van der Waals surface area contributed by atoms with Gasteiger partial charge in [-0.3, -0.25) is 4.98 Å². The van der Waals surface area contributed by atoms with Gasteiger partial charge in [-0.15, -0.1) is 0 Å². The number of nitroso groups, excluding NO2 is 1. The van der Waals surface area contributed by atoms with Crippen LogP contribution < -0.4 is 0 Å². The van der Waals surface area contributed by atoms with E-state index >= 15 is 8.78 Å². The second-order valence-corrected chi connectivity index (χ2v) is 7.70. The smallest absolute Gasteiger partial charge is 0.326 e. The summed E-state index contributed by atoms with van der Waals surface area (Å²) < 4.78 is 59.8. The van der Waals surface area contributed by atoms with Crippen molar-refractivity contribution in [2.24, 2.45) is 5.18 Å². The maximum atomic E-state index is 15.8. The van der Waals surface area contributed by atoms with Crippen LogP contribution in [-0.2, 0) is 18.1 Å². The van der Waals surface area contributed by atoms with Gasteiger partial charge in [-0.1, -0.05) is 29.2 Å². The molecule has 1 N–H and O–H groups in total. The molecule has 2 aromatic carbocycles. The average Bonchev–Trinajstić information content (AvgIpc) is 2.89. The molecule has 0 spiro atoms. The van der Waals surface area contributed by atoms with Crippen LogP contribution in [0.5, 0.6) is 0 Å². The highest BCUT2D eigenvalue weighted by atomic mass is 19.3. The van der Waals surface area contributed by atoms with Crippen molar-refractivity contribution in [3.63, 3.8) is 0 Å². The monoisotopic (exact) mass is 492 g/mol. The van der Waals surface area contributed by atoms with Crippen molar-refractivity contribution in [2.45, 2.75) is 18.1 Å². The summed E-state index contributed by atoms with van der Waals surface area (Å²) in [6, 6.07) is 10.9. The lowest BCUT2D eigenvalue weighted by Crippen LogP contribution is -2.45. The summed E-state index contributed by atoms with van der Waals surface area (Å²) >= 11 is 0. The molecule has 1 atom stereocenters. The molecule has 0 aliphatic rings. The molecule has 0 radical (unpaired) electrons. The summed E-state index contributed by atoms with van der Waals surface area (Å²) in [4.78, 5) is 21.4. The van der Waals surface area contributed by atoms with Gasteiger partial charge in [-0.05, 0) is 42.0 Å². The van der Waals surface area contributed by atoms with Crippen LogP contribution >= 0.6 is 0 Å². The SMILES string of the molecule is O=NCc1ccc(C#Cc2ccc(C(F)(F)C(O)(c3cncnc3)c3ccc(F)cc3F)nc2)cc1. The van der Waals surface area contributed by atoms with Gasteiger partial charge in [0.15, 0.2) is 5.60 Å². The van der Waals surface area contributed by atoms with Crippen LogP contribution in [0.25, 0.3) is 0 Å². The molecule has 6 nitrogen and oxygen atoms in total. The maximum absolute atomic E-state index is 15.8. The highest BCUT2D eigenvalue weighted by Gasteiger charge is 2.58. The Bertz CT molecular complexity index is 1440. The molecule has 2 heterocycles. The molecule has 0 bridgehead atoms. The molecule has 4 aromatic rings. The summed E-state index contributed by atoms with van der Waals surface area (Å²) in [6.07, 6.45) is 3.98. The molecule has 2 aromatic heterocycles. The van der Waals surface area contributed by atoms with Crippen molar-refractivity contribution >= 4 is 0 Å². The van der Waals surface area contributed by atoms with Gasteiger partial charge in [0.25, 0.3) is 0 Å². The molecule has 4 rings (SSSR count). The van der Waals surface area contributed by atoms with Gasteiger partial charge >= 0.3 is 5.92 Å². The first-order chi connectivity index (χ1) is 17.3. The van der Waals surface area contributed by atoms with Crippen LogP contribution in [0.15, 0.2) is 84.7 Å². The summed E-state index contributed by atoms with van der Waals surface area (Å²) in [6.45, 7) is 0.0383. The van der Waals surface area contributed by atoms with Gasteiger partial charge in [0.05, 0.1) is 0 Å². The normalized spacial score (nSPS) is 12.8. The Morgan fingerprint density at radius 1 is 0.889 bits per heavy atom. The molecule has 0 aliphatic heterocycles. The standard InChI is InChI=1S/C26H16F4N4O2/c27-21-8-9-22(23(28)11-21)25(35,20-14-31-16-32-15-20)26(29,30)24-10-7-18(12-33-24)4-1-17-2-5-19(6-3-17)13-34-36/h2-3,5-12,14-16,35H,13H2. The lowest BCUT2D eigenvalue weighted by Gasteiger charge is -2.36. The molecule has 10 heteroatoms. The summed E-state index contributed by atoms with van der Waals surface area (Å²) in [7, 11) is 0. The fraction of sp³-hybridized carbons (Fsp3) is 0.115. The molecule has 180 valence electrons. The van der Waals surface area contributed by atoms with Crippen LogP contribution in [-0.4, -0.2) is 20.1 Å². The Morgan fingerprint density at radius 3 is 2.17 bits per heavy atom. The van der Waals surface area contributed by atoms with E-state index in [0.717, 1.165) is 48.7 Å². The van der Waals surface area contributed by atoms with Gasteiger partial charge in [-0.2, -0.15) is 13.7 Å². The summed E-state index contributed by atoms with van der Waals surface area (Å²) in [5.74, 6) is -0.936. The number of halogens is 4. The van der Waals surface area contributed by atoms with E-state index < -0.39 is 40.0 Å². The van der Waals surface area contributed by atoms with Crippen LogP contribution in [0.4, 0.5) is 17.6 Å². The topological polar surface area (TPSA) is 88.3 Å². The number of aliphatic hydroxyl groups is 1. The minimum absolute atomic E-state index is 0.0383. The highest BCUT2D eigenvalue weighted by molar-refractivity contribution is 5.44. The number of alkyl halides is 2. The fourth-order valence-electron chi connectivity index (χ4n) is 3.53. The van der Waals surface area contributed by atoms with E-state index in [0.29, 0.717) is 17.2 Å². The maximum Gasteiger partial charge on any atom is 0.326 e. The van der Waals surface area contributed by atoms with E-state index in [-0.39, 0.29) is 6.54 Å². The van der Waals surface area contributed by atoms with Crippen molar-refractivity contribution in [3.05, 3.63) is 130 Å². The third kappa shape index (κ3) is 4.69. The molecule has 0 amide bonds. The van der Waals surface area contributed by atoms with Crippen LogP contribution in [0.1, 0.15) is 33.5 Å². The lowest BCUT2D eigenvalue weighted by atomic mass is 9.80. The molecular weight excluding hydrogens is 476 g/mol. The molecule has 36 heavy (non-hydrogen) atoms. The van der Waals surface area contributed by atoms with Crippen molar-refractivity contribution in [3.8, 4) is 11.8 Å². The number of hydrogen-bond acceptors (Lipinski definition) is 6. The highest BCUT2D eigenvalue weighted by Crippen LogP contribution is 2.49. The number of pyridine rings is 1. The molecule has 1 unspecified atom stereocenters. The Kier molecular flexibility index (Phi) is 6.85. The number of nitrogens with zero attached hydrogens (tertiary/aromatic N) is 4. The van der Waals surface area contributed by atoms with Crippen molar-refractivity contribution in [1.29, 1.82) is 0 Å². The van der Waals surface area contributed by atoms with E-state index in [1.165, 1.54) is 6.07 Å². The minimum atomic E-state index is -4.19. The number of hydrogen-bond donors (Lipinski definition) is 1. The van der Waals surface area contributed by atoms with Gasteiger partial charge < -0.3 is 5.11 Å². The minimum Gasteiger partial charge on any atom is -0.374 e. The zero-order chi connectivity index (χ0) is 25.8. The van der Waals surface area contributed by atoms with E-state index in [4.69, 9.17) is 0 Å². The average molecular weight is 492 g/mol. The predicted octanol–water partition coefficient (Wildman–Crippen LogP) is 4.84. The van der Waals surface area contributed by atoms with E-state index in [1.807, 2.05) is 0 Å². The van der Waals surface area contributed by atoms with Crippen molar-refractivity contribution < 1.29 is 22.7 Å². The first-order valence-corrected chi connectivity index (χ1v) is 10.4. The van der Waals surface area contributed by atoms with E-state index in [9.17, 15) is 18.8 Å². The van der Waals surface area contributed by atoms with E-state index in [2.05, 4.69) is 32.0 Å². The second-order valence-electron chi connectivity index (χ2n) is 7.70.